The number of amides is 1. The smallest absolute Gasteiger partial charge is 0.362 e. The predicted octanol–water partition coefficient (Wildman–Crippen LogP) is 2.10. The highest BCUT2D eigenvalue weighted by molar-refractivity contribution is 5.77. The van der Waals surface area contributed by atoms with Crippen molar-refractivity contribution < 1.29 is 27.8 Å². The van der Waals surface area contributed by atoms with Gasteiger partial charge in [-0.05, 0) is 6.07 Å². The van der Waals surface area contributed by atoms with E-state index in [4.69, 9.17) is 0 Å². The second-order valence-corrected chi connectivity index (χ2v) is 5.35. The Balaban J connectivity index is 2.11. The van der Waals surface area contributed by atoms with Gasteiger partial charge in [-0.15, -0.1) is 0 Å². The third-order valence-corrected chi connectivity index (χ3v) is 3.69. The largest absolute Gasteiger partial charge is 0.397 e. The average molecular weight is 362 g/mol. The zero-order valence-electron chi connectivity index (χ0n) is 12.7. The summed E-state index contributed by atoms with van der Waals surface area (Å²) in [6.07, 6.45) is -6.14. The highest BCUT2D eigenvalue weighted by atomic mass is 19.4. The Kier molecular flexibility index (Phi) is 5.09. The van der Waals surface area contributed by atoms with Crippen LogP contribution in [-0.4, -0.2) is 53.0 Å². The summed E-state index contributed by atoms with van der Waals surface area (Å²) in [7, 11) is 0. The molecule has 1 saturated heterocycles. The van der Waals surface area contributed by atoms with Crippen molar-refractivity contribution in [3.8, 4) is 0 Å². The molecule has 1 aromatic carbocycles. The number of nitro benzene ring substituents is 2. The van der Waals surface area contributed by atoms with Crippen molar-refractivity contribution in [3.05, 3.63) is 38.4 Å². The van der Waals surface area contributed by atoms with E-state index in [0.717, 1.165) is 17.0 Å². The lowest BCUT2D eigenvalue weighted by molar-refractivity contribution is -0.393. The summed E-state index contributed by atoms with van der Waals surface area (Å²) in [5, 5.41) is 21.9. The number of benzene rings is 1. The molecule has 1 amide bonds. The topological polar surface area (TPSA) is 110 Å². The summed E-state index contributed by atoms with van der Waals surface area (Å²) < 4.78 is 36.8. The average Bonchev–Trinajstić information content (AvgIpc) is 2.52. The van der Waals surface area contributed by atoms with Gasteiger partial charge in [0.15, 0.2) is 0 Å². The number of rotatable bonds is 4. The first-order valence-electron chi connectivity index (χ1n) is 7.11. The minimum absolute atomic E-state index is 0.0247. The van der Waals surface area contributed by atoms with Crippen LogP contribution in [0.3, 0.4) is 0 Å². The van der Waals surface area contributed by atoms with Gasteiger partial charge in [0.25, 0.3) is 11.4 Å². The first-order chi connectivity index (χ1) is 11.6. The van der Waals surface area contributed by atoms with Gasteiger partial charge in [-0.3, -0.25) is 25.0 Å². The molecule has 0 atom stereocenters. The summed E-state index contributed by atoms with van der Waals surface area (Å²) in [4.78, 5) is 34.5. The van der Waals surface area contributed by atoms with Crippen LogP contribution in [0.25, 0.3) is 0 Å². The van der Waals surface area contributed by atoms with Crippen LogP contribution in [0.1, 0.15) is 6.42 Å². The second-order valence-electron chi connectivity index (χ2n) is 5.35. The molecule has 0 N–H and O–H groups in total. The first-order valence-corrected chi connectivity index (χ1v) is 7.11. The van der Waals surface area contributed by atoms with E-state index >= 15 is 0 Å². The predicted molar refractivity (Wildman–Crippen MR) is 79.2 cm³/mol. The molecule has 0 aliphatic carbocycles. The molecule has 136 valence electrons. The molecule has 12 heteroatoms. The number of alkyl halides is 3. The molecule has 0 bridgehead atoms. The van der Waals surface area contributed by atoms with E-state index < -0.39 is 39.7 Å². The zero-order chi connectivity index (χ0) is 18.8. The molecule has 1 aromatic rings. The molecule has 0 radical (unpaired) electrons. The van der Waals surface area contributed by atoms with Gasteiger partial charge >= 0.3 is 6.18 Å². The SMILES string of the molecule is O=C(CC(F)(F)F)N1CCN(c2ccc([N+](=O)[O-])cc2[N+](=O)[O-])CC1. The minimum atomic E-state index is -4.59. The lowest BCUT2D eigenvalue weighted by atomic mass is 10.2. The van der Waals surface area contributed by atoms with Crippen molar-refractivity contribution in [2.45, 2.75) is 12.6 Å². The molecule has 9 nitrogen and oxygen atoms in total. The van der Waals surface area contributed by atoms with Crippen molar-refractivity contribution in [2.24, 2.45) is 0 Å². The Morgan fingerprint density at radius 2 is 1.68 bits per heavy atom. The maximum absolute atomic E-state index is 12.3. The van der Waals surface area contributed by atoms with Gasteiger partial charge in [-0.25, -0.2) is 0 Å². The highest BCUT2D eigenvalue weighted by Crippen LogP contribution is 2.32. The van der Waals surface area contributed by atoms with E-state index in [1.165, 1.54) is 11.0 Å². The first kappa shape index (κ1) is 18.4. The molecule has 0 aromatic heterocycles. The molecular weight excluding hydrogens is 349 g/mol. The van der Waals surface area contributed by atoms with Gasteiger partial charge in [0.2, 0.25) is 5.91 Å². The lowest BCUT2D eigenvalue weighted by Gasteiger charge is -2.35. The van der Waals surface area contributed by atoms with E-state index in [1.807, 2.05) is 0 Å². The van der Waals surface area contributed by atoms with E-state index in [-0.39, 0.29) is 31.9 Å². The molecule has 0 unspecified atom stereocenters. The number of piperazine rings is 1. The fraction of sp³-hybridized carbons (Fsp3) is 0.462. The summed E-state index contributed by atoms with van der Waals surface area (Å²) in [5.74, 6) is -1.05. The molecule has 1 fully saturated rings. The molecule has 0 saturated carbocycles. The Labute approximate surface area is 138 Å². The quantitative estimate of drug-likeness (QED) is 0.599. The Morgan fingerprint density at radius 1 is 1.08 bits per heavy atom. The summed E-state index contributed by atoms with van der Waals surface area (Å²) >= 11 is 0. The van der Waals surface area contributed by atoms with Gasteiger partial charge < -0.3 is 9.80 Å². The molecule has 2 rings (SSSR count). The van der Waals surface area contributed by atoms with Gasteiger partial charge in [0, 0.05) is 32.2 Å². The van der Waals surface area contributed by atoms with Crippen LogP contribution in [0.2, 0.25) is 0 Å². The van der Waals surface area contributed by atoms with Gasteiger partial charge in [0.1, 0.15) is 12.1 Å². The Morgan fingerprint density at radius 3 is 2.16 bits per heavy atom. The van der Waals surface area contributed by atoms with Crippen molar-refractivity contribution in [1.29, 1.82) is 0 Å². The van der Waals surface area contributed by atoms with Gasteiger partial charge in [-0.1, -0.05) is 0 Å². The molecule has 1 aliphatic heterocycles. The fourth-order valence-electron chi connectivity index (χ4n) is 2.52. The number of hydrogen-bond donors (Lipinski definition) is 0. The van der Waals surface area contributed by atoms with Crippen LogP contribution in [-0.2, 0) is 4.79 Å². The number of halogens is 3. The number of nitrogens with zero attached hydrogens (tertiary/aromatic N) is 4. The number of nitro groups is 2. The van der Waals surface area contributed by atoms with Crippen LogP contribution < -0.4 is 4.90 Å². The number of carbonyl (C=O) groups is 1. The summed E-state index contributed by atoms with van der Waals surface area (Å²) in [6.45, 7) is 0.122. The van der Waals surface area contributed by atoms with E-state index in [0.29, 0.717) is 0 Å². The van der Waals surface area contributed by atoms with Crippen LogP contribution in [0.5, 0.6) is 0 Å². The van der Waals surface area contributed by atoms with Crippen molar-refractivity contribution in [1.82, 2.24) is 4.90 Å². The molecule has 1 aliphatic rings. The number of hydrogen-bond acceptors (Lipinski definition) is 6. The molecule has 1 heterocycles. The molecule has 25 heavy (non-hydrogen) atoms. The zero-order valence-corrected chi connectivity index (χ0v) is 12.7. The molecular formula is C13H13F3N4O5. The second kappa shape index (κ2) is 6.91. The summed E-state index contributed by atoms with van der Waals surface area (Å²) in [6, 6.07) is 3.17. The standard InChI is InChI=1S/C13H13F3N4O5/c14-13(15,16)8-12(21)18-5-3-17(4-6-18)10-2-1-9(19(22)23)7-11(10)20(24)25/h1-2,7H,3-6,8H2. The van der Waals surface area contributed by atoms with Crippen molar-refractivity contribution in [3.63, 3.8) is 0 Å². The van der Waals surface area contributed by atoms with Gasteiger partial charge in [0.05, 0.1) is 15.9 Å². The van der Waals surface area contributed by atoms with Crippen LogP contribution in [0.15, 0.2) is 18.2 Å². The van der Waals surface area contributed by atoms with E-state index in [1.54, 1.807) is 0 Å². The normalized spacial score (nSPS) is 15.2. The van der Waals surface area contributed by atoms with Crippen molar-refractivity contribution >= 4 is 23.0 Å². The van der Waals surface area contributed by atoms with E-state index in [9.17, 15) is 38.2 Å². The van der Waals surface area contributed by atoms with Crippen LogP contribution >= 0.6 is 0 Å². The van der Waals surface area contributed by atoms with Crippen molar-refractivity contribution in [2.75, 3.05) is 31.1 Å². The number of non-ortho nitro benzene ring substituents is 1. The highest BCUT2D eigenvalue weighted by Gasteiger charge is 2.35. The van der Waals surface area contributed by atoms with Crippen LogP contribution in [0.4, 0.5) is 30.2 Å². The Hall–Kier alpha value is -2.92. The maximum Gasteiger partial charge on any atom is 0.397 e. The van der Waals surface area contributed by atoms with Gasteiger partial charge in [-0.2, -0.15) is 13.2 Å². The molecule has 0 spiro atoms. The Bertz CT molecular complexity index is 701. The summed E-state index contributed by atoms with van der Waals surface area (Å²) in [5.41, 5.74) is -0.780. The fourth-order valence-corrected chi connectivity index (χ4v) is 2.52. The maximum atomic E-state index is 12.3. The van der Waals surface area contributed by atoms with Crippen LogP contribution in [0, 0.1) is 20.2 Å². The number of carbonyl (C=O) groups excluding carboxylic acids is 1. The third-order valence-electron chi connectivity index (χ3n) is 3.69. The number of anilines is 1. The monoisotopic (exact) mass is 362 g/mol. The lowest BCUT2D eigenvalue weighted by Crippen LogP contribution is -2.49. The third kappa shape index (κ3) is 4.55. The van der Waals surface area contributed by atoms with E-state index in [2.05, 4.69) is 0 Å². The minimum Gasteiger partial charge on any atom is -0.362 e.